The summed E-state index contributed by atoms with van der Waals surface area (Å²) < 4.78 is 5.19. The second-order valence-electron chi connectivity index (χ2n) is 5.90. The van der Waals surface area contributed by atoms with Crippen molar-refractivity contribution in [3.63, 3.8) is 0 Å². The van der Waals surface area contributed by atoms with Gasteiger partial charge >= 0.3 is 0 Å². The van der Waals surface area contributed by atoms with Gasteiger partial charge < -0.3 is 4.74 Å². The number of aromatic nitrogens is 3. The van der Waals surface area contributed by atoms with E-state index in [9.17, 15) is 0 Å². The fourth-order valence-corrected chi connectivity index (χ4v) is 2.78. The van der Waals surface area contributed by atoms with E-state index in [1.807, 2.05) is 30.3 Å². The maximum Gasteiger partial charge on any atom is 0.181 e. The van der Waals surface area contributed by atoms with E-state index in [1.54, 1.807) is 7.11 Å². The minimum absolute atomic E-state index is 0. The summed E-state index contributed by atoms with van der Waals surface area (Å²) in [5.41, 5.74) is 3.29. The van der Waals surface area contributed by atoms with Crippen LogP contribution in [0.2, 0.25) is 0 Å². The highest BCUT2D eigenvalue weighted by molar-refractivity contribution is 5.85. The average Bonchev–Trinajstić information content (AvgIpc) is 3.16. The fraction of sp³-hybridized carbons (Fsp3) is 0.300. The summed E-state index contributed by atoms with van der Waals surface area (Å²) in [5, 5.41) is 7.41. The molecule has 0 aliphatic carbocycles. The minimum atomic E-state index is 0. The van der Waals surface area contributed by atoms with Crippen molar-refractivity contribution in [2.75, 3.05) is 20.2 Å². The Morgan fingerprint density at radius 1 is 1.00 bits per heavy atom. The molecule has 138 valence electrons. The van der Waals surface area contributed by atoms with E-state index in [2.05, 4.69) is 52.1 Å². The number of benzene rings is 2. The fourth-order valence-electron chi connectivity index (χ4n) is 2.78. The molecule has 0 spiro atoms. The van der Waals surface area contributed by atoms with Crippen LogP contribution in [-0.2, 0) is 6.54 Å². The predicted octanol–water partition coefficient (Wildman–Crippen LogP) is 4.41. The number of aromatic amines is 1. The van der Waals surface area contributed by atoms with Crippen LogP contribution in [0.25, 0.3) is 22.8 Å². The van der Waals surface area contributed by atoms with Crippen LogP contribution in [0.4, 0.5) is 0 Å². The highest BCUT2D eigenvalue weighted by Gasteiger charge is 2.09. The van der Waals surface area contributed by atoms with Gasteiger partial charge in [0.2, 0.25) is 0 Å². The quantitative estimate of drug-likeness (QED) is 0.667. The van der Waals surface area contributed by atoms with Crippen molar-refractivity contribution < 1.29 is 4.74 Å². The summed E-state index contributed by atoms with van der Waals surface area (Å²) in [6.07, 6.45) is 0. The van der Waals surface area contributed by atoms with E-state index >= 15 is 0 Å². The molecule has 0 atom stereocenters. The first-order valence-corrected chi connectivity index (χ1v) is 8.62. The number of methoxy groups -OCH3 is 1. The topological polar surface area (TPSA) is 54.0 Å². The van der Waals surface area contributed by atoms with Crippen molar-refractivity contribution in [1.82, 2.24) is 20.1 Å². The number of H-pyrrole nitrogens is 1. The summed E-state index contributed by atoms with van der Waals surface area (Å²) >= 11 is 0. The Balaban J connectivity index is 0.00000243. The van der Waals surface area contributed by atoms with Crippen LogP contribution < -0.4 is 4.74 Å². The van der Waals surface area contributed by atoms with Crippen LogP contribution in [-0.4, -0.2) is 40.3 Å². The van der Waals surface area contributed by atoms with Crippen molar-refractivity contribution in [3.8, 4) is 28.5 Å². The Kier molecular flexibility index (Phi) is 7.18. The Morgan fingerprint density at radius 3 is 2.38 bits per heavy atom. The van der Waals surface area contributed by atoms with Gasteiger partial charge in [-0.3, -0.25) is 10.00 Å². The molecule has 0 bridgehead atoms. The normalized spacial score (nSPS) is 10.6. The number of hydrogen-bond donors (Lipinski definition) is 1. The Labute approximate surface area is 160 Å². The molecule has 5 nitrogen and oxygen atoms in total. The molecule has 0 aliphatic heterocycles. The average molecular weight is 373 g/mol. The molecule has 2 aromatic carbocycles. The van der Waals surface area contributed by atoms with E-state index < -0.39 is 0 Å². The van der Waals surface area contributed by atoms with E-state index in [0.29, 0.717) is 5.82 Å². The lowest BCUT2D eigenvalue weighted by molar-refractivity contribution is 0.296. The minimum Gasteiger partial charge on any atom is -0.497 e. The van der Waals surface area contributed by atoms with Crippen LogP contribution in [0.5, 0.6) is 5.75 Å². The first kappa shape index (κ1) is 19.9. The van der Waals surface area contributed by atoms with Crippen molar-refractivity contribution >= 4 is 12.4 Å². The third-order valence-electron chi connectivity index (χ3n) is 4.33. The maximum absolute atomic E-state index is 5.19. The Hall–Kier alpha value is -2.37. The van der Waals surface area contributed by atoms with Gasteiger partial charge in [0.15, 0.2) is 11.6 Å². The lowest BCUT2D eigenvalue weighted by Crippen LogP contribution is -2.22. The standard InChI is InChI=1S/C20H24N4O.ClH/c1-4-24(5-2)14-15-7-6-8-17(13-15)20-21-19(22-23-20)16-9-11-18(25-3)12-10-16;/h6-13H,4-5,14H2,1-3H3,(H,21,22,23);1H. The highest BCUT2D eigenvalue weighted by Crippen LogP contribution is 2.23. The van der Waals surface area contributed by atoms with Crippen LogP contribution in [0, 0.1) is 0 Å². The second kappa shape index (κ2) is 9.36. The molecule has 1 heterocycles. The molecule has 1 aromatic heterocycles. The zero-order chi connectivity index (χ0) is 17.6. The number of nitrogens with zero attached hydrogens (tertiary/aromatic N) is 3. The summed E-state index contributed by atoms with van der Waals surface area (Å²) in [7, 11) is 1.66. The lowest BCUT2D eigenvalue weighted by atomic mass is 10.1. The van der Waals surface area contributed by atoms with Gasteiger partial charge in [-0.2, -0.15) is 5.10 Å². The SMILES string of the molecule is CCN(CC)Cc1cccc(-c2n[nH]c(-c3ccc(OC)cc3)n2)c1.Cl. The van der Waals surface area contributed by atoms with Gasteiger partial charge in [0.25, 0.3) is 0 Å². The molecule has 0 unspecified atom stereocenters. The van der Waals surface area contributed by atoms with Crippen molar-refractivity contribution in [2.45, 2.75) is 20.4 Å². The van der Waals surface area contributed by atoms with Gasteiger partial charge in [-0.05, 0) is 49.0 Å². The van der Waals surface area contributed by atoms with Gasteiger partial charge in [-0.1, -0.05) is 32.0 Å². The zero-order valence-corrected chi connectivity index (χ0v) is 16.2. The molecule has 26 heavy (non-hydrogen) atoms. The number of ether oxygens (including phenoxy) is 1. The molecular weight excluding hydrogens is 348 g/mol. The smallest absolute Gasteiger partial charge is 0.181 e. The largest absolute Gasteiger partial charge is 0.497 e. The van der Waals surface area contributed by atoms with Crippen molar-refractivity contribution in [1.29, 1.82) is 0 Å². The van der Waals surface area contributed by atoms with Crippen molar-refractivity contribution in [2.24, 2.45) is 0 Å². The van der Waals surface area contributed by atoms with Crippen LogP contribution in [0.15, 0.2) is 48.5 Å². The summed E-state index contributed by atoms with van der Waals surface area (Å²) in [5.74, 6) is 2.30. The van der Waals surface area contributed by atoms with E-state index in [4.69, 9.17) is 4.74 Å². The predicted molar refractivity (Wildman–Crippen MR) is 108 cm³/mol. The van der Waals surface area contributed by atoms with E-state index in [-0.39, 0.29) is 12.4 Å². The van der Waals surface area contributed by atoms with Crippen LogP contribution in [0.1, 0.15) is 19.4 Å². The number of hydrogen-bond acceptors (Lipinski definition) is 4. The molecule has 0 fully saturated rings. The lowest BCUT2D eigenvalue weighted by Gasteiger charge is -2.18. The summed E-state index contributed by atoms with van der Waals surface area (Å²) in [6.45, 7) is 7.40. The maximum atomic E-state index is 5.19. The molecule has 6 heteroatoms. The van der Waals surface area contributed by atoms with E-state index in [1.165, 1.54) is 5.56 Å². The van der Waals surface area contributed by atoms with Gasteiger partial charge in [0.1, 0.15) is 5.75 Å². The molecule has 3 rings (SSSR count). The van der Waals surface area contributed by atoms with Crippen LogP contribution >= 0.6 is 12.4 Å². The zero-order valence-electron chi connectivity index (χ0n) is 15.4. The Bertz CT molecular complexity index is 813. The van der Waals surface area contributed by atoms with Gasteiger partial charge in [-0.25, -0.2) is 4.98 Å². The molecule has 1 N–H and O–H groups in total. The molecule has 0 saturated heterocycles. The van der Waals surface area contributed by atoms with Crippen molar-refractivity contribution in [3.05, 3.63) is 54.1 Å². The summed E-state index contributed by atoms with van der Waals surface area (Å²) in [4.78, 5) is 7.03. The number of halogens is 1. The highest BCUT2D eigenvalue weighted by atomic mass is 35.5. The molecule has 3 aromatic rings. The van der Waals surface area contributed by atoms with Gasteiger partial charge in [-0.15, -0.1) is 12.4 Å². The molecule has 0 amide bonds. The first-order valence-electron chi connectivity index (χ1n) is 8.62. The molecule has 0 radical (unpaired) electrons. The first-order chi connectivity index (χ1) is 12.2. The van der Waals surface area contributed by atoms with E-state index in [0.717, 1.165) is 42.3 Å². The third kappa shape index (κ3) is 4.62. The molecule has 0 aliphatic rings. The monoisotopic (exact) mass is 372 g/mol. The number of rotatable bonds is 7. The van der Waals surface area contributed by atoms with Crippen LogP contribution in [0.3, 0.4) is 0 Å². The van der Waals surface area contributed by atoms with Gasteiger partial charge in [0.05, 0.1) is 7.11 Å². The second-order valence-corrected chi connectivity index (χ2v) is 5.90. The Morgan fingerprint density at radius 2 is 1.73 bits per heavy atom. The third-order valence-corrected chi connectivity index (χ3v) is 4.33. The summed E-state index contributed by atoms with van der Waals surface area (Å²) in [6, 6.07) is 16.2. The van der Waals surface area contributed by atoms with Gasteiger partial charge in [0, 0.05) is 17.7 Å². The molecular formula is C20H25ClN4O. The molecule has 0 saturated carbocycles. The number of nitrogens with one attached hydrogen (secondary N) is 1.